The number of halogens is 1. The first-order chi connectivity index (χ1) is 9.61. The fraction of sp³-hybridized carbons (Fsp3) is 0.133. The summed E-state index contributed by atoms with van der Waals surface area (Å²) in [7, 11) is 1.57. The number of nitrogens with zero attached hydrogens (tertiary/aromatic N) is 2. The van der Waals surface area contributed by atoms with Gasteiger partial charge in [0.2, 0.25) is 5.95 Å². The van der Waals surface area contributed by atoms with E-state index in [4.69, 9.17) is 10.5 Å². The van der Waals surface area contributed by atoms with Crippen LogP contribution in [0, 0.1) is 12.7 Å². The molecule has 20 heavy (non-hydrogen) atoms. The molecule has 1 heterocycles. The number of para-hydroxylation sites is 1. The van der Waals surface area contributed by atoms with Gasteiger partial charge in [0.25, 0.3) is 0 Å². The molecule has 0 aliphatic carbocycles. The number of ether oxygens (including phenoxy) is 1. The van der Waals surface area contributed by atoms with Crippen LogP contribution in [0.2, 0.25) is 0 Å². The summed E-state index contributed by atoms with van der Waals surface area (Å²) >= 11 is 0. The third kappa shape index (κ3) is 1.79. The van der Waals surface area contributed by atoms with Crippen molar-refractivity contribution in [1.82, 2.24) is 9.55 Å². The van der Waals surface area contributed by atoms with Gasteiger partial charge in [0.05, 0.1) is 18.3 Å². The Morgan fingerprint density at radius 1 is 1.25 bits per heavy atom. The molecule has 5 heteroatoms. The Balaban J connectivity index is 2.37. The van der Waals surface area contributed by atoms with E-state index in [1.54, 1.807) is 29.9 Å². The SMILES string of the molecule is COc1cccc2c1nc(N)n2-c1cc(C)ccc1F. The number of nitrogens with two attached hydrogens (primary N) is 1. The highest BCUT2D eigenvalue weighted by Crippen LogP contribution is 2.30. The number of aryl methyl sites for hydroxylation is 1. The van der Waals surface area contributed by atoms with E-state index in [9.17, 15) is 4.39 Å². The Labute approximate surface area is 115 Å². The van der Waals surface area contributed by atoms with Gasteiger partial charge in [-0.05, 0) is 36.8 Å². The summed E-state index contributed by atoms with van der Waals surface area (Å²) in [5.74, 6) is 0.499. The van der Waals surface area contributed by atoms with E-state index >= 15 is 0 Å². The number of methoxy groups -OCH3 is 1. The molecule has 0 radical (unpaired) electrons. The van der Waals surface area contributed by atoms with Crippen molar-refractivity contribution in [3.8, 4) is 11.4 Å². The minimum Gasteiger partial charge on any atom is -0.494 e. The molecule has 0 saturated carbocycles. The molecular weight excluding hydrogens is 257 g/mol. The van der Waals surface area contributed by atoms with Crippen molar-refractivity contribution in [2.75, 3.05) is 12.8 Å². The largest absolute Gasteiger partial charge is 0.494 e. The van der Waals surface area contributed by atoms with Crippen LogP contribution in [0.3, 0.4) is 0 Å². The first-order valence-corrected chi connectivity index (χ1v) is 6.19. The minimum absolute atomic E-state index is 0.231. The second-order valence-electron chi connectivity index (χ2n) is 4.59. The maximum absolute atomic E-state index is 14.1. The number of aromatic nitrogens is 2. The van der Waals surface area contributed by atoms with Crippen LogP contribution in [-0.4, -0.2) is 16.7 Å². The number of fused-ring (bicyclic) bond motifs is 1. The predicted octanol–water partition coefficient (Wildman–Crippen LogP) is 3.06. The normalized spacial score (nSPS) is 10.9. The zero-order valence-corrected chi connectivity index (χ0v) is 11.2. The Morgan fingerprint density at radius 2 is 2.05 bits per heavy atom. The molecule has 2 aromatic carbocycles. The van der Waals surface area contributed by atoms with Gasteiger partial charge in [0, 0.05) is 0 Å². The van der Waals surface area contributed by atoms with Gasteiger partial charge in [-0.2, -0.15) is 0 Å². The van der Waals surface area contributed by atoms with Gasteiger partial charge in [-0.1, -0.05) is 12.1 Å². The summed E-state index contributed by atoms with van der Waals surface area (Å²) < 4.78 is 20.9. The van der Waals surface area contributed by atoms with Gasteiger partial charge < -0.3 is 10.5 Å². The van der Waals surface area contributed by atoms with Crippen LogP contribution in [0.5, 0.6) is 5.75 Å². The lowest BCUT2D eigenvalue weighted by atomic mass is 10.2. The van der Waals surface area contributed by atoms with Crippen molar-refractivity contribution < 1.29 is 9.13 Å². The first-order valence-electron chi connectivity index (χ1n) is 6.19. The van der Waals surface area contributed by atoms with E-state index in [0.717, 1.165) is 5.56 Å². The number of benzene rings is 2. The average molecular weight is 271 g/mol. The van der Waals surface area contributed by atoms with E-state index in [1.165, 1.54) is 6.07 Å². The van der Waals surface area contributed by atoms with Gasteiger partial charge in [-0.3, -0.25) is 4.57 Å². The van der Waals surface area contributed by atoms with Crippen LogP contribution in [0.25, 0.3) is 16.7 Å². The first kappa shape index (κ1) is 12.5. The lowest BCUT2D eigenvalue weighted by molar-refractivity contribution is 0.419. The molecule has 3 aromatic rings. The van der Waals surface area contributed by atoms with E-state index in [-0.39, 0.29) is 11.8 Å². The average Bonchev–Trinajstić information content (AvgIpc) is 2.77. The van der Waals surface area contributed by atoms with Crippen molar-refractivity contribution in [2.24, 2.45) is 0 Å². The number of rotatable bonds is 2. The molecule has 0 unspecified atom stereocenters. The van der Waals surface area contributed by atoms with Crippen LogP contribution >= 0.6 is 0 Å². The van der Waals surface area contributed by atoms with Crippen molar-refractivity contribution in [2.45, 2.75) is 6.92 Å². The molecule has 0 aliphatic rings. The molecule has 1 aromatic heterocycles. The molecule has 0 bridgehead atoms. The Morgan fingerprint density at radius 3 is 2.80 bits per heavy atom. The van der Waals surface area contributed by atoms with Crippen LogP contribution < -0.4 is 10.5 Å². The summed E-state index contributed by atoms with van der Waals surface area (Å²) in [6.07, 6.45) is 0. The van der Waals surface area contributed by atoms with Crippen LogP contribution in [0.15, 0.2) is 36.4 Å². The summed E-state index contributed by atoms with van der Waals surface area (Å²) in [5.41, 5.74) is 8.63. The fourth-order valence-corrected chi connectivity index (χ4v) is 2.30. The molecular formula is C15H14FN3O. The van der Waals surface area contributed by atoms with E-state index in [2.05, 4.69) is 4.98 Å². The summed E-state index contributed by atoms with van der Waals surface area (Å²) in [6.45, 7) is 1.90. The van der Waals surface area contributed by atoms with Gasteiger partial charge in [0.1, 0.15) is 17.1 Å². The highest BCUT2D eigenvalue weighted by atomic mass is 19.1. The zero-order valence-electron chi connectivity index (χ0n) is 11.2. The molecule has 4 nitrogen and oxygen atoms in total. The second kappa shape index (κ2) is 4.52. The molecule has 2 N–H and O–H groups in total. The molecule has 0 fully saturated rings. The number of imidazole rings is 1. The predicted molar refractivity (Wildman–Crippen MR) is 76.7 cm³/mol. The van der Waals surface area contributed by atoms with Crippen molar-refractivity contribution in [1.29, 1.82) is 0 Å². The van der Waals surface area contributed by atoms with Crippen molar-refractivity contribution in [3.63, 3.8) is 0 Å². The molecule has 3 rings (SSSR count). The second-order valence-corrected chi connectivity index (χ2v) is 4.59. The lowest BCUT2D eigenvalue weighted by Crippen LogP contribution is -2.03. The molecule has 0 aliphatic heterocycles. The third-order valence-corrected chi connectivity index (χ3v) is 3.24. The summed E-state index contributed by atoms with van der Waals surface area (Å²) in [6, 6.07) is 10.3. The maximum atomic E-state index is 14.1. The standard InChI is InChI=1S/C15H14FN3O/c1-9-6-7-10(16)12(8-9)19-11-4-3-5-13(20-2)14(11)18-15(19)17/h3-8H,1-2H3,(H2,17,18). The summed E-state index contributed by atoms with van der Waals surface area (Å²) in [5, 5.41) is 0. The van der Waals surface area contributed by atoms with E-state index in [1.807, 2.05) is 19.1 Å². The van der Waals surface area contributed by atoms with E-state index < -0.39 is 0 Å². The lowest BCUT2D eigenvalue weighted by Gasteiger charge is -2.09. The Bertz CT molecular complexity index is 795. The Kier molecular flexibility index (Phi) is 2.82. The quantitative estimate of drug-likeness (QED) is 0.779. The van der Waals surface area contributed by atoms with Crippen molar-refractivity contribution >= 4 is 17.0 Å². The maximum Gasteiger partial charge on any atom is 0.206 e. The van der Waals surface area contributed by atoms with Gasteiger partial charge in [-0.15, -0.1) is 0 Å². The Hall–Kier alpha value is -2.56. The third-order valence-electron chi connectivity index (χ3n) is 3.24. The van der Waals surface area contributed by atoms with Gasteiger partial charge >= 0.3 is 0 Å². The topological polar surface area (TPSA) is 53.1 Å². The van der Waals surface area contributed by atoms with Crippen LogP contribution in [0.1, 0.15) is 5.56 Å². The van der Waals surface area contributed by atoms with Crippen LogP contribution in [0.4, 0.5) is 10.3 Å². The molecule has 0 spiro atoms. The van der Waals surface area contributed by atoms with Gasteiger partial charge in [-0.25, -0.2) is 9.37 Å². The molecule has 102 valence electrons. The van der Waals surface area contributed by atoms with E-state index in [0.29, 0.717) is 22.5 Å². The smallest absolute Gasteiger partial charge is 0.206 e. The fourth-order valence-electron chi connectivity index (χ4n) is 2.30. The molecule has 0 atom stereocenters. The van der Waals surface area contributed by atoms with Gasteiger partial charge in [0.15, 0.2) is 0 Å². The monoisotopic (exact) mass is 271 g/mol. The minimum atomic E-state index is -0.343. The van der Waals surface area contributed by atoms with Crippen molar-refractivity contribution in [3.05, 3.63) is 47.8 Å². The highest BCUT2D eigenvalue weighted by Gasteiger charge is 2.16. The van der Waals surface area contributed by atoms with Crippen LogP contribution in [-0.2, 0) is 0 Å². The molecule has 0 amide bonds. The summed E-state index contributed by atoms with van der Waals surface area (Å²) in [4.78, 5) is 4.28. The number of nitrogen functional groups attached to an aromatic ring is 1. The zero-order chi connectivity index (χ0) is 14.3. The number of hydrogen-bond acceptors (Lipinski definition) is 3. The number of anilines is 1. The highest BCUT2D eigenvalue weighted by molar-refractivity contribution is 5.86. The molecule has 0 saturated heterocycles. The number of hydrogen-bond donors (Lipinski definition) is 1.